The normalized spacial score (nSPS) is 19.6. The lowest BCUT2D eigenvalue weighted by Crippen LogP contribution is -2.27. The molecule has 28 heteroatoms. The van der Waals surface area contributed by atoms with Gasteiger partial charge >= 0.3 is 0 Å². The molecule has 0 aromatic heterocycles. The molecule has 0 saturated carbocycles. The minimum Gasteiger partial charge on any atom is -0.211 e. The third kappa shape index (κ3) is 33.7. The van der Waals surface area contributed by atoms with Gasteiger partial charge in [-0.2, -0.15) is 90.5 Å². The minimum atomic E-state index is -0.369. The van der Waals surface area contributed by atoms with Crippen molar-refractivity contribution in [2.45, 2.75) is 42.2 Å². The number of isocyanates is 8. The van der Waals surface area contributed by atoms with Gasteiger partial charge in [-0.15, -0.1) is 70.6 Å². The van der Waals surface area contributed by atoms with E-state index in [2.05, 4.69) is 39.9 Å². The maximum Gasteiger partial charge on any atom is 0.236 e. The van der Waals surface area contributed by atoms with Crippen LogP contribution >= 0.6 is 141 Å². The lowest BCUT2D eigenvalue weighted by Gasteiger charge is -2.29. The van der Waals surface area contributed by atoms with E-state index >= 15 is 0 Å². The van der Waals surface area contributed by atoms with Crippen LogP contribution in [0.3, 0.4) is 0 Å². The van der Waals surface area contributed by atoms with E-state index in [0.29, 0.717) is 45.8 Å². The zero-order valence-electron chi connectivity index (χ0n) is 33.1. The highest BCUT2D eigenvalue weighted by atomic mass is 32.2. The number of hydrogen-bond donors (Lipinski definition) is 0. The van der Waals surface area contributed by atoms with Gasteiger partial charge in [0.1, 0.15) is 10.7 Å². The molecule has 8 atom stereocenters. The number of thioether (sulfide) groups is 12. The van der Waals surface area contributed by atoms with Crippen molar-refractivity contribution in [2.75, 3.05) is 106 Å². The molecule has 16 nitrogen and oxygen atoms in total. The molecule has 0 amide bonds. The second-order valence-electron chi connectivity index (χ2n) is 11.6. The van der Waals surface area contributed by atoms with Crippen LogP contribution in [0.25, 0.3) is 0 Å². The molecule has 340 valence electrons. The second kappa shape index (κ2) is 44.1. The number of hydrogen-bond acceptors (Lipinski definition) is 28. The fourth-order valence-electron chi connectivity index (χ4n) is 4.36. The molecule has 2 heterocycles. The van der Waals surface area contributed by atoms with Gasteiger partial charge in [0.05, 0.1) is 37.9 Å². The minimum absolute atomic E-state index is 0.155. The van der Waals surface area contributed by atoms with Gasteiger partial charge < -0.3 is 0 Å². The van der Waals surface area contributed by atoms with E-state index in [1.807, 2.05) is 47.0 Å². The molecule has 2 rings (SSSR count). The first-order valence-corrected chi connectivity index (χ1v) is 31.1. The van der Waals surface area contributed by atoms with Crippen molar-refractivity contribution in [3.8, 4) is 0 Å². The van der Waals surface area contributed by atoms with Crippen molar-refractivity contribution in [1.82, 2.24) is 0 Å². The summed E-state index contributed by atoms with van der Waals surface area (Å²) in [6.45, 7) is 1.16. The predicted molar refractivity (Wildman–Crippen MR) is 274 cm³/mol. The van der Waals surface area contributed by atoms with Crippen LogP contribution in [0.5, 0.6) is 0 Å². The van der Waals surface area contributed by atoms with Crippen molar-refractivity contribution < 1.29 is 38.4 Å². The van der Waals surface area contributed by atoms with Gasteiger partial charge in [-0.3, -0.25) is 0 Å². The molecule has 0 aromatic carbocycles. The monoisotopic (exact) mass is 1080 g/mol. The molecule has 2 aliphatic rings. The number of carbonyl (C=O) groups excluding carboxylic acids is 8. The highest BCUT2D eigenvalue weighted by molar-refractivity contribution is 8.17. The molecule has 0 spiro atoms. The average Bonchev–Trinajstić information content (AvgIpc) is 3.29. The molecule has 0 radical (unpaired) electrons. The van der Waals surface area contributed by atoms with Crippen LogP contribution in [-0.2, 0) is 38.4 Å². The van der Waals surface area contributed by atoms with Crippen LogP contribution in [0, 0.1) is 0 Å². The molecule has 2 saturated heterocycles. The van der Waals surface area contributed by atoms with Crippen molar-refractivity contribution in [1.29, 1.82) is 0 Å². The first-order valence-electron chi connectivity index (χ1n) is 18.1. The van der Waals surface area contributed by atoms with Crippen molar-refractivity contribution >= 4 is 190 Å². The largest absolute Gasteiger partial charge is 0.236 e. The molecule has 2 fully saturated rings. The van der Waals surface area contributed by atoms with E-state index in [1.54, 1.807) is 59.2 Å². The second-order valence-corrected chi connectivity index (χ2v) is 26.7. The SMILES string of the molecule is O=C=NCC(N=C=O)SCSCC1CSC(CSCSC(CN=C=O)N=C=O)CS1.O=C=NCSCC(CN=C=O)SCC1CSC(CSC(CN=C=O)CSCN=C=O)CS1. The lowest BCUT2D eigenvalue weighted by molar-refractivity contribution is 0.559. The van der Waals surface area contributed by atoms with Crippen LogP contribution in [0.2, 0.25) is 0 Å². The fraction of sp³-hybridized carbons (Fsp3) is 0.765. The summed E-state index contributed by atoms with van der Waals surface area (Å²) in [7, 11) is 0. The Morgan fingerprint density at radius 1 is 0.403 bits per heavy atom. The Bertz CT molecular complexity index is 1520. The smallest absolute Gasteiger partial charge is 0.211 e. The lowest BCUT2D eigenvalue weighted by atomic mass is 10.5. The summed E-state index contributed by atoms with van der Waals surface area (Å²) >= 11 is 21.1. The summed E-state index contributed by atoms with van der Waals surface area (Å²) < 4.78 is 0. The zero-order valence-corrected chi connectivity index (χ0v) is 42.9. The highest BCUT2D eigenvalue weighted by Gasteiger charge is 2.25. The van der Waals surface area contributed by atoms with Crippen molar-refractivity contribution in [3.63, 3.8) is 0 Å². The van der Waals surface area contributed by atoms with Gasteiger partial charge in [-0.05, 0) is 0 Å². The van der Waals surface area contributed by atoms with Crippen LogP contribution < -0.4 is 0 Å². The van der Waals surface area contributed by atoms with E-state index in [0.717, 1.165) is 67.7 Å². The van der Waals surface area contributed by atoms with E-state index in [-0.39, 0.29) is 34.3 Å². The summed E-state index contributed by atoms with van der Waals surface area (Å²) in [6.07, 6.45) is 12.2. The average molecular weight is 1080 g/mol. The van der Waals surface area contributed by atoms with Gasteiger partial charge in [-0.1, -0.05) is 0 Å². The predicted octanol–water partition coefficient (Wildman–Crippen LogP) is 6.18. The van der Waals surface area contributed by atoms with Crippen molar-refractivity contribution in [2.24, 2.45) is 39.9 Å². The van der Waals surface area contributed by atoms with Gasteiger partial charge in [0, 0.05) is 99.2 Å². The topological polar surface area (TPSA) is 235 Å². The summed E-state index contributed by atoms with van der Waals surface area (Å²) in [5.74, 6) is 10.6. The molecule has 2 aliphatic heterocycles. The van der Waals surface area contributed by atoms with Crippen LogP contribution in [0.15, 0.2) is 39.9 Å². The first kappa shape index (κ1) is 59.3. The van der Waals surface area contributed by atoms with Crippen LogP contribution in [-0.4, -0.2) is 197 Å². The van der Waals surface area contributed by atoms with Crippen LogP contribution in [0.4, 0.5) is 0 Å². The van der Waals surface area contributed by atoms with E-state index in [1.165, 1.54) is 83.5 Å². The molecule has 62 heavy (non-hydrogen) atoms. The highest BCUT2D eigenvalue weighted by Crippen LogP contribution is 2.36. The molecule has 0 aromatic rings. The van der Waals surface area contributed by atoms with E-state index in [9.17, 15) is 38.4 Å². The van der Waals surface area contributed by atoms with Gasteiger partial charge in [0.15, 0.2) is 0 Å². The number of aliphatic imine (C=N–C) groups is 8. The number of rotatable bonds is 34. The summed E-state index contributed by atoms with van der Waals surface area (Å²) in [4.78, 5) is 111. The Balaban J connectivity index is 0.000000621. The quantitative estimate of drug-likeness (QED) is 0.0303. The molecule has 8 unspecified atom stereocenters. The molecule has 0 N–H and O–H groups in total. The standard InChI is InChI=1S/C18H24N4O4S6.C16H20N4O4S6/c23-9-19-1-15(3-27-13-21-11-25)29-5-17-7-32-18(8-31-17)6-30-16(2-20-10-24)4-28-14-22-12-26;21-7-17-1-15(19-9-23)29-11-25-3-13-5-28-14(6-27-13)4-26-12-30-16(20-10-24)2-18-8-22/h15-18H,1-8,13-14H2;13-16H,1-6,11-12H2. The first-order chi connectivity index (χ1) is 30.5. The Morgan fingerprint density at radius 3 is 1.06 bits per heavy atom. The maximum absolute atomic E-state index is 10.4. The molecule has 0 bridgehead atoms. The third-order valence-electron chi connectivity index (χ3n) is 7.19. The molecular weight excluding hydrogens is 1030 g/mol. The van der Waals surface area contributed by atoms with E-state index in [4.69, 9.17) is 0 Å². The maximum atomic E-state index is 10.4. The fourth-order valence-corrected chi connectivity index (χ4v) is 20.7. The van der Waals surface area contributed by atoms with Crippen LogP contribution in [0.1, 0.15) is 0 Å². The third-order valence-corrected chi connectivity index (χ3v) is 24.5. The van der Waals surface area contributed by atoms with E-state index < -0.39 is 0 Å². The van der Waals surface area contributed by atoms with Gasteiger partial charge in [-0.25, -0.2) is 58.3 Å². The zero-order chi connectivity index (χ0) is 45.1. The Kier molecular flexibility index (Phi) is 42.1. The van der Waals surface area contributed by atoms with Gasteiger partial charge in [0.25, 0.3) is 0 Å². The Morgan fingerprint density at radius 2 is 0.742 bits per heavy atom. The summed E-state index contributed by atoms with van der Waals surface area (Å²) in [5.41, 5.74) is 0. The molecule has 0 aliphatic carbocycles. The summed E-state index contributed by atoms with van der Waals surface area (Å²) in [6, 6.07) is 0. The Hall–Kier alpha value is -0.760. The van der Waals surface area contributed by atoms with Crippen molar-refractivity contribution in [3.05, 3.63) is 0 Å². The Labute approximate surface area is 412 Å². The molecular formula is C34H44N8O8S12. The van der Waals surface area contributed by atoms with Gasteiger partial charge in [0.2, 0.25) is 48.6 Å². The summed E-state index contributed by atoms with van der Waals surface area (Å²) in [5, 5.41) is 3.47. The number of nitrogens with zero attached hydrogens (tertiary/aromatic N) is 8.